The Morgan fingerprint density at radius 2 is 1.64 bits per heavy atom. The van der Waals surface area contributed by atoms with Crippen molar-refractivity contribution in [2.24, 2.45) is 0 Å². The van der Waals surface area contributed by atoms with Crippen molar-refractivity contribution in [3.05, 3.63) is 71.8 Å². The van der Waals surface area contributed by atoms with Gasteiger partial charge >= 0.3 is 12.1 Å². The van der Waals surface area contributed by atoms with Crippen LogP contribution in [0.2, 0.25) is 18.1 Å². The van der Waals surface area contributed by atoms with Crippen LogP contribution >= 0.6 is 0 Å². The summed E-state index contributed by atoms with van der Waals surface area (Å²) in [4.78, 5) is 25.3. The maximum atomic E-state index is 13.0. The number of ether oxygens (including phenoxy) is 5. The van der Waals surface area contributed by atoms with Crippen molar-refractivity contribution in [3.63, 3.8) is 0 Å². The van der Waals surface area contributed by atoms with E-state index in [-0.39, 0.29) is 18.3 Å². The third kappa shape index (κ3) is 7.26. The third-order valence-electron chi connectivity index (χ3n) is 7.43. The van der Waals surface area contributed by atoms with Gasteiger partial charge in [-0.05, 0) is 23.7 Å². The molecular weight excluding hydrogens is 518 g/mol. The molecule has 0 aliphatic carbocycles. The number of carbonyl (C=O) groups excluding carboxylic acids is 2. The van der Waals surface area contributed by atoms with Crippen LogP contribution in [0.5, 0.6) is 0 Å². The van der Waals surface area contributed by atoms with Gasteiger partial charge < -0.3 is 33.4 Å². The minimum absolute atomic E-state index is 0.0821. The SMILES string of the molecule is CC(=O)O[C@H]1[C@@H](NC(=O)OCc2ccccc2)[C@H](O[Si](C)(C)C(C)(C)C)O[C@@H]2CO[C@@H](c3ccccc3)O[C@@H]12. The van der Waals surface area contributed by atoms with Crippen molar-refractivity contribution >= 4 is 20.4 Å². The Morgan fingerprint density at radius 3 is 2.26 bits per heavy atom. The van der Waals surface area contributed by atoms with E-state index in [0.29, 0.717) is 0 Å². The number of carbonyl (C=O) groups is 2. The second kappa shape index (κ2) is 12.2. The zero-order valence-electron chi connectivity index (χ0n) is 23.4. The van der Waals surface area contributed by atoms with E-state index in [9.17, 15) is 9.59 Å². The summed E-state index contributed by atoms with van der Waals surface area (Å²) in [6, 6.07) is 18.0. The Balaban J connectivity index is 1.60. The molecular formula is C29H39NO8Si. The van der Waals surface area contributed by atoms with Crippen LogP contribution in [-0.4, -0.2) is 57.6 Å². The molecule has 1 N–H and O–H groups in total. The molecule has 0 spiro atoms. The van der Waals surface area contributed by atoms with Gasteiger partial charge in [-0.1, -0.05) is 81.4 Å². The number of alkyl carbamates (subject to hydrolysis) is 1. The molecule has 2 aliphatic rings. The van der Waals surface area contributed by atoms with Crippen molar-refractivity contribution in [2.45, 2.75) is 89.4 Å². The number of benzene rings is 2. The highest BCUT2D eigenvalue weighted by atomic mass is 28.4. The molecule has 0 radical (unpaired) electrons. The molecule has 39 heavy (non-hydrogen) atoms. The number of hydrogen-bond acceptors (Lipinski definition) is 8. The van der Waals surface area contributed by atoms with Gasteiger partial charge in [-0.2, -0.15) is 0 Å². The second-order valence-electron chi connectivity index (χ2n) is 11.4. The molecule has 0 aromatic heterocycles. The third-order valence-corrected chi connectivity index (χ3v) is 11.9. The van der Waals surface area contributed by atoms with Gasteiger partial charge in [-0.3, -0.25) is 4.79 Å². The van der Waals surface area contributed by atoms with Gasteiger partial charge in [-0.15, -0.1) is 0 Å². The average Bonchev–Trinajstić information content (AvgIpc) is 2.89. The number of nitrogens with one attached hydrogen (secondary N) is 1. The normalized spacial score (nSPS) is 27.2. The van der Waals surface area contributed by atoms with Crippen LogP contribution in [-0.2, 0) is 39.5 Å². The quantitative estimate of drug-likeness (QED) is 0.372. The van der Waals surface area contributed by atoms with E-state index in [1.165, 1.54) is 6.92 Å². The summed E-state index contributed by atoms with van der Waals surface area (Å²) < 4.78 is 36.7. The molecule has 2 aliphatic heterocycles. The molecule has 10 heteroatoms. The van der Waals surface area contributed by atoms with Gasteiger partial charge in [0.1, 0.15) is 24.9 Å². The topological polar surface area (TPSA) is 102 Å². The molecule has 9 nitrogen and oxygen atoms in total. The zero-order chi connectivity index (χ0) is 28.2. The standard InChI is InChI=1S/C29H39NO8Si/c1-19(31)35-25-23(30-28(32)34-17-20-13-9-7-10-14-20)27(38-39(5,6)29(2,3)4)36-22-18-33-26(37-24(22)25)21-15-11-8-12-16-21/h7-16,22-27H,17-18H2,1-6H3,(H,30,32)/t22-,23-,24-,25+,26-,27+/m1/s1. The molecule has 4 rings (SSSR count). The summed E-state index contributed by atoms with van der Waals surface area (Å²) in [6.45, 7) is 12.1. The van der Waals surface area contributed by atoms with Crippen molar-refractivity contribution in [2.75, 3.05) is 6.61 Å². The summed E-state index contributed by atoms with van der Waals surface area (Å²) in [5.74, 6) is -0.512. The fourth-order valence-corrected chi connectivity index (χ4v) is 5.44. The van der Waals surface area contributed by atoms with Gasteiger partial charge in [0, 0.05) is 12.5 Å². The maximum Gasteiger partial charge on any atom is 0.407 e. The zero-order valence-corrected chi connectivity index (χ0v) is 24.4. The van der Waals surface area contributed by atoms with Crippen LogP contribution in [0.4, 0.5) is 4.79 Å². The monoisotopic (exact) mass is 557 g/mol. The van der Waals surface area contributed by atoms with Crippen molar-refractivity contribution in [1.29, 1.82) is 0 Å². The van der Waals surface area contributed by atoms with E-state index >= 15 is 0 Å². The largest absolute Gasteiger partial charge is 0.457 e. The second-order valence-corrected chi connectivity index (χ2v) is 16.2. The highest BCUT2D eigenvalue weighted by molar-refractivity contribution is 6.74. The van der Waals surface area contributed by atoms with Crippen LogP contribution in [0, 0.1) is 0 Å². The van der Waals surface area contributed by atoms with Crippen molar-refractivity contribution in [3.8, 4) is 0 Å². The van der Waals surface area contributed by atoms with Gasteiger partial charge in [-0.25, -0.2) is 4.79 Å². The Bertz CT molecular complexity index is 1110. The summed E-state index contributed by atoms with van der Waals surface area (Å²) in [5.41, 5.74) is 1.67. The molecule has 2 fully saturated rings. The molecule has 212 valence electrons. The first-order valence-electron chi connectivity index (χ1n) is 13.2. The van der Waals surface area contributed by atoms with E-state index in [2.05, 4.69) is 39.2 Å². The number of fused-ring (bicyclic) bond motifs is 1. The van der Waals surface area contributed by atoms with E-state index in [0.717, 1.165) is 11.1 Å². The van der Waals surface area contributed by atoms with E-state index in [4.69, 9.17) is 28.1 Å². The minimum atomic E-state index is -2.39. The maximum absolute atomic E-state index is 13.0. The number of esters is 1. The Kier molecular flexibility index (Phi) is 9.13. The molecule has 2 saturated heterocycles. The molecule has 2 aromatic rings. The van der Waals surface area contributed by atoms with Crippen molar-refractivity contribution < 1.29 is 37.7 Å². The summed E-state index contributed by atoms with van der Waals surface area (Å²) in [7, 11) is -2.39. The lowest BCUT2D eigenvalue weighted by Gasteiger charge is -2.51. The van der Waals surface area contributed by atoms with E-state index in [1.807, 2.05) is 60.7 Å². The fourth-order valence-electron chi connectivity index (χ4n) is 4.30. The van der Waals surface area contributed by atoms with Crippen LogP contribution in [0.1, 0.15) is 45.1 Å². The van der Waals surface area contributed by atoms with Gasteiger partial charge in [0.25, 0.3) is 0 Å². The lowest BCUT2D eigenvalue weighted by atomic mass is 9.95. The molecule has 0 bridgehead atoms. The first-order chi connectivity index (χ1) is 18.4. The molecule has 2 aromatic carbocycles. The number of rotatable bonds is 7. The van der Waals surface area contributed by atoms with Crippen LogP contribution in [0.25, 0.3) is 0 Å². The fraction of sp³-hybridized carbons (Fsp3) is 0.517. The number of amides is 1. The lowest BCUT2D eigenvalue weighted by molar-refractivity contribution is -0.336. The highest BCUT2D eigenvalue weighted by Gasteiger charge is 2.55. The first kappa shape index (κ1) is 29.2. The highest BCUT2D eigenvalue weighted by Crippen LogP contribution is 2.41. The summed E-state index contributed by atoms with van der Waals surface area (Å²) >= 11 is 0. The smallest absolute Gasteiger partial charge is 0.407 e. The van der Waals surface area contributed by atoms with Crippen LogP contribution in [0.15, 0.2) is 60.7 Å². The Hall–Kier alpha value is -2.76. The Morgan fingerprint density at radius 1 is 1.00 bits per heavy atom. The predicted octanol–water partition coefficient (Wildman–Crippen LogP) is 5.07. The predicted molar refractivity (Wildman–Crippen MR) is 146 cm³/mol. The van der Waals surface area contributed by atoms with Crippen molar-refractivity contribution in [1.82, 2.24) is 5.32 Å². The van der Waals surface area contributed by atoms with E-state index < -0.39 is 57.3 Å². The average molecular weight is 558 g/mol. The summed E-state index contributed by atoms with van der Waals surface area (Å²) in [5, 5.41) is 2.73. The Labute approximate surface area is 231 Å². The van der Waals surface area contributed by atoms with Gasteiger partial charge in [0.15, 0.2) is 27.0 Å². The van der Waals surface area contributed by atoms with E-state index in [1.54, 1.807) is 0 Å². The minimum Gasteiger partial charge on any atom is -0.457 e. The van der Waals surface area contributed by atoms with Crippen LogP contribution < -0.4 is 5.32 Å². The lowest BCUT2D eigenvalue weighted by Crippen LogP contribution is -2.69. The molecule has 0 unspecified atom stereocenters. The number of hydrogen-bond donors (Lipinski definition) is 1. The van der Waals surface area contributed by atoms with Crippen LogP contribution in [0.3, 0.4) is 0 Å². The first-order valence-corrected chi connectivity index (χ1v) is 16.1. The molecule has 6 atom stereocenters. The summed E-state index contributed by atoms with van der Waals surface area (Å²) in [6.07, 6.45) is -4.48. The molecule has 1 amide bonds. The van der Waals surface area contributed by atoms with Gasteiger partial charge in [0.2, 0.25) is 0 Å². The molecule has 2 heterocycles. The van der Waals surface area contributed by atoms with Gasteiger partial charge in [0.05, 0.1) is 6.61 Å². The molecule has 0 saturated carbocycles.